The number of para-hydroxylation sites is 2. The molecule has 1 aromatic rings. The molecule has 1 aromatic carbocycles. The van der Waals surface area contributed by atoms with E-state index in [0.29, 0.717) is 24.7 Å². The summed E-state index contributed by atoms with van der Waals surface area (Å²) < 4.78 is 17.1. The maximum Gasteiger partial charge on any atom is 0.265 e. The van der Waals surface area contributed by atoms with Crippen molar-refractivity contribution in [3.8, 4) is 11.5 Å². The summed E-state index contributed by atoms with van der Waals surface area (Å²) in [5.74, 6) is 1.17. The van der Waals surface area contributed by atoms with E-state index in [4.69, 9.17) is 14.2 Å². The molecule has 2 N–H and O–H groups in total. The van der Waals surface area contributed by atoms with Crippen LogP contribution in [0.3, 0.4) is 0 Å². The van der Waals surface area contributed by atoms with Crippen molar-refractivity contribution in [2.45, 2.75) is 32.0 Å². The van der Waals surface area contributed by atoms with Gasteiger partial charge in [-0.2, -0.15) is 0 Å². The lowest BCUT2D eigenvalue weighted by molar-refractivity contribution is -0.134. The predicted molar refractivity (Wildman–Crippen MR) is 97.6 cm³/mol. The second-order valence-electron chi connectivity index (χ2n) is 6.71. The Kier molecular flexibility index (Phi) is 6.93. The molecule has 25 heavy (non-hydrogen) atoms. The number of halogens is 1. The predicted octanol–water partition coefficient (Wildman–Crippen LogP) is 1.77. The molecule has 2 unspecified atom stereocenters. The zero-order valence-electron chi connectivity index (χ0n) is 14.7. The Morgan fingerprint density at radius 3 is 2.56 bits per heavy atom. The van der Waals surface area contributed by atoms with Crippen LogP contribution in [0.1, 0.15) is 19.8 Å². The largest absolute Gasteiger partial charge is 0.482 e. The molecule has 0 aliphatic carbocycles. The minimum atomic E-state index is -0.638. The van der Waals surface area contributed by atoms with Gasteiger partial charge in [-0.15, -0.1) is 12.4 Å². The lowest BCUT2D eigenvalue weighted by Gasteiger charge is -2.38. The van der Waals surface area contributed by atoms with E-state index in [1.807, 2.05) is 31.2 Å². The number of fused-ring (bicyclic) bond motifs is 1. The Morgan fingerprint density at radius 2 is 1.92 bits per heavy atom. The first kappa shape index (κ1) is 19.8. The summed E-state index contributed by atoms with van der Waals surface area (Å²) in [7, 11) is 1.71. The molecule has 0 spiro atoms. The van der Waals surface area contributed by atoms with Crippen LogP contribution in [0, 0.1) is 5.41 Å². The van der Waals surface area contributed by atoms with Crippen LogP contribution >= 0.6 is 12.4 Å². The van der Waals surface area contributed by atoms with Crippen LogP contribution in [0.2, 0.25) is 0 Å². The van der Waals surface area contributed by atoms with Gasteiger partial charge in [-0.05, 0) is 45.0 Å². The van der Waals surface area contributed by atoms with Gasteiger partial charge < -0.3 is 24.8 Å². The van der Waals surface area contributed by atoms with Crippen LogP contribution in [0.5, 0.6) is 11.5 Å². The average Bonchev–Trinajstić information content (AvgIpc) is 2.60. The fourth-order valence-corrected chi connectivity index (χ4v) is 3.42. The second kappa shape index (κ2) is 8.74. The first-order chi connectivity index (χ1) is 11.6. The summed E-state index contributed by atoms with van der Waals surface area (Å²) in [4.78, 5) is 12.6. The highest BCUT2D eigenvalue weighted by molar-refractivity contribution is 5.85. The molecule has 140 valence electrons. The lowest BCUT2D eigenvalue weighted by Crippen LogP contribution is -2.53. The smallest absolute Gasteiger partial charge is 0.265 e. The topological polar surface area (TPSA) is 68.8 Å². The summed E-state index contributed by atoms with van der Waals surface area (Å²) in [6, 6.07) is 7.43. The zero-order chi connectivity index (χ0) is 17.0. The molecule has 3 rings (SSSR count). The number of amides is 1. The minimum absolute atomic E-state index is 0. The van der Waals surface area contributed by atoms with Gasteiger partial charge in [-0.1, -0.05) is 12.1 Å². The van der Waals surface area contributed by atoms with Gasteiger partial charge in [0.1, 0.15) is 6.10 Å². The van der Waals surface area contributed by atoms with E-state index in [1.54, 1.807) is 7.11 Å². The molecular weight excluding hydrogens is 344 g/mol. The minimum Gasteiger partial charge on any atom is -0.482 e. The van der Waals surface area contributed by atoms with Gasteiger partial charge in [0.15, 0.2) is 11.5 Å². The maximum atomic E-state index is 12.6. The number of rotatable bonds is 5. The van der Waals surface area contributed by atoms with Crippen molar-refractivity contribution in [3.63, 3.8) is 0 Å². The fourth-order valence-electron chi connectivity index (χ4n) is 3.42. The van der Waals surface area contributed by atoms with Gasteiger partial charge in [-0.25, -0.2) is 0 Å². The third-order valence-electron chi connectivity index (χ3n) is 4.85. The number of ether oxygens (including phenoxy) is 3. The van der Waals surface area contributed by atoms with Gasteiger partial charge >= 0.3 is 0 Å². The molecule has 7 heteroatoms. The Labute approximate surface area is 155 Å². The van der Waals surface area contributed by atoms with Gasteiger partial charge in [-0.3, -0.25) is 4.79 Å². The van der Waals surface area contributed by atoms with Crippen LogP contribution < -0.4 is 20.1 Å². The van der Waals surface area contributed by atoms with E-state index in [0.717, 1.165) is 25.9 Å². The number of hydrogen-bond acceptors (Lipinski definition) is 5. The van der Waals surface area contributed by atoms with E-state index < -0.39 is 6.10 Å². The fraction of sp³-hybridized carbons (Fsp3) is 0.611. The molecule has 1 saturated heterocycles. The number of carbonyl (C=O) groups is 1. The molecule has 1 amide bonds. The first-order valence-electron chi connectivity index (χ1n) is 8.53. The quantitative estimate of drug-likeness (QED) is 0.826. The van der Waals surface area contributed by atoms with Gasteiger partial charge in [0, 0.05) is 19.1 Å². The summed E-state index contributed by atoms with van der Waals surface area (Å²) in [5.41, 5.74) is -0.00761. The van der Waals surface area contributed by atoms with Crippen LogP contribution in [-0.4, -0.2) is 51.5 Å². The maximum absolute atomic E-state index is 12.6. The van der Waals surface area contributed by atoms with E-state index in [-0.39, 0.29) is 29.8 Å². The number of methoxy groups -OCH3 is 1. The summed E-state index contributed by atoms with van der Waals surface area (Å²) >= 11 is 0. The highest BCUT2D eigenvalue weighted by Crippen LogP contribution is 2.34. The molecule has 0 bridgehead atoms. The van der Waals surface area contributed by atoms with E-state index in [9.17, 15) is 4.79 Å². The Balaban J connectivity index is 0.00000225. The number of carbonyl (C=O) groups excluding carboxylic acids is 1. The molecule has 0 radical (unpaired) electrons. The second-order valence-corrected chi connectivity index (χ2v) is 6.71. The van der Waals surface area contributed by atoms with Gasteiger partial charge in [0.25, 0.3) is 5.91 Å². The average molecular weight is 371 g/mol. The molecule has 6 nitrogen and oxygen atoms in total. The van der Waals surface area contributed by atoms with Crippen molar-refractivity contribution in [2.75, 3.05) is 33.4 Å². The number of hydrogen-bond donors (Lipinski definition) is 2. The Bertz CT molecular complexity index is 572. The van der Waals surface area contributed by atoms with Crippen LogP contribution in [0.4, 0.5) is 0 Å². The van der Waals surface area contributed by atoms with Gasteiger partial charge in [0.2, 0.25) is 6.10 Å². The monoisotopic (exact) mass is 370 g/mol. The molecule has 2 heterocycles. The summed E-state index contributed by atoms with van der Waals surface area (Å²) in [5, 5.41) is 6.41. The van der Waals surface area contributed by atoms with Crippen molar-refractivity contribution < 1.29 is 19.0 Å². The molecule has 2 atom stereocenters. The van der Waals surface area contributed by atoms with Crippen LogP contribution in [0.25, 0.3) is 0 Å². The molecule has 0 aromatic heterocycles. The molecule has 0 saturated carbocycles. The summed E-state index contributed by atoms with van der Waals surface area (Å²) in [6.07, 6.45) is 1.01. The van der Waals surface area contributed by atoms with Crippen molar-refractivity contribution in [3.05, 3.63) is 24.3 Å². The van der Waals surface area contributed by atoms with Crippen LogP contribution in [-0.2, 0) is 9.53 Å². The van der Waals surface area contributed by atoms with Crippen molar-refractivity contribution in [1.29, 1.82) is 0 Å². The van der Waals surface area contributed by atoms with Crippen molar-refractivity contribution >= 4 is 18.3 Å². The normalized spacial score (nSPS) is 24.1. The number of piperidine rings is 1. The molecular formula is C18H27ClN2O4. The first-order valence-corrected chi connectivity index (χ1v) is 8.53. The molecule has 2 aliphatic heterocycles. The highest BCUT2D eigenvalue weighted by atomic mass is 35.5. The zero-order valence-corrected chi connectivity index (χ0v) is 15.6. The molecule has 2 aliphatic rings. The van der Waals surface area contributed by atoms with Crippen LogP contribution in [0.15, 0.2) is 24.3 Å². The van der Waals surface area contributed by atoms with Gasteiger partial charge in [0.05, 0.1) is 6.61 Å². The van der Waals surface area contributed by atoms with Crippen molar-refractivity contribution in [2.24, 2.45) is 5.41 Å². The lowest BCUT2D eigenvalue weighted by atomic mass is 9.79. The van der Waals surface area contributed by atoms with E-state index in [1.165, 1.54) is 0 Å². The Morgan fingerprint density at radius 1 is 1.28 bits per heavy atom. The SMILES string of the molecule is COCC1(CNC(=O)C2Oc3ccccc3OC2C)CCNCC1.Cl. The number of benzene rings is 1. The number of nitrogens with one attached hydrogen (secondary N) is 2. The van der Waals surface area contributed by atoms with Crippen molar-refractivity contribution in [1.82, 2.24) is 10.6 Å². The van der Waals surface area contributed by atoms with E-state index >= 15 is 0 Å². The van der Waals surface area contributed by atoms with E-state index in [2.05, 4.69) is 10.6 Å². The third-order valence-corrected chi connectivity index (χ3v) is 4.85. The third kappa shape index (κ3) is 4.57. The highest BCUT2D eigenvalue weighted by Gasteiger charge is 2.37. The Hall–Kier alpha value is -1.50. The standard InChI is InChI=1S/C18H26N2O4.ClH/c1-13-16(24-15-6-4-3-5-14(15)23-13)17(21)20-11-18(12-22-2)7-9-19-10-8-18;/h3-6,13,16,19H,7-12H2,1-2H3,(H,20,21);1H. The molecule has 1 fully saturated rings. The summed E-state index contributed by atoms with van der Waals surface area (Å²) in [6.45, 7) is 5.00.